The monoisotopic (exact) mass is 217 g/mol. The number of hydrogen-bond donors (Lipinski definition) is 1. The standard InChI is InChI=1S/C7H14F3NOS/c1-2-6(11)5-13(12)4-3-7(8,9)10/h6H,2-5,11H2,1H3. The minimum absolute atomic E-state index is 0.159. The Morgan fingerprint density at radius 2 is 2.00 bits per heavy atom. The topological polar surface area (TPSA) is 43.1 Å². The van der Waals surface area contributed by atoms with Gasteiger partial charge < -0.3 is 5.73 Å². The maximum atomic E-state index is 11.7. The molecular formula is C7H14F3NOS. The molecule has 0 heterocycles. The van der Waals surface area contributed by atoms with E-state index in [0.29, 0.717) is 6.42 Å². The largest absolute Gasteiger partial charge is 0.390 e. The van der Waals surface area contributed by atoms with Gasteiger partial charge in [-0.3, -0.25) is 4.21 Å². The summed E-state index contributed by atoms with van der Waals surface area (Å²) in [4.78, 5) is 0. The van der Waals surface area contributed by atoms with Crippen LogP contribution in [0.25, 0.3) is 0 Å². The van der Waals surface area contributed by atoms with E-state index in [2.05, 4.69) is 0 Å². The Bertz CT molecular complexity index is 172. The van der Waals surface area contributed by atoms with Crippen molar-refractivity contribution < 1.29 is 17.4 Å². The van der Waals surface area contributed by atoms with Crippen molar-refractivity contribution in [2.75, 3.05) is 11.5 Å². The first kappa shape index (κ1) is 12.9. The van der Waals surface area contributed by atoms with Crippen LogP contribution in [0.5, 0.6) is 0 Å². The Balaban J connectivity index is 3.64. The lowest BCUT2D eigenvalue weighted by atomic mass is 10.3. The fourth-order valence-corrected chi connectivity index (χ4v) is 2.01. The van der Waals surface area contributed by atoms with Crippen molar-refractivity contribution in [3.8, 4) is 0 Å². The average Bonchev–Trinajstić information content (AvgIpc) is 1.99. The summed E-state index contributed by atoms with van der Waals surface area (Å²) in [6.45, 7) is 1.81. The minimum Gasteiger partial charge on any atom is -0.327 e. The molecule has 0 aromatic rings. The van der Waals surface area contributed by atoms with E-state index in [-0.39, 0.29) is 17.5 Å². The van der Waals surface area contributed by atoms with Crippen LogP contribution in [0.3, 0.4) is 0 Å². The van der Waals surface area contributed by atoms with Crippen molar-refractivity contribution in [1.29, 1.82) is 0 Å². The van der Waals surface area contributed by atoms with E-state index in [1.807, 2.05) is 6.92 Å². The van der Waals surface area contributed by atoms with Crippen LogP contribution in [0.2, 0.25) is 0 Å². The van der Waals surface area contributed by atoms with Gasteiger partial charge in [0.15, 0.2) is 0 Å². The highest BCUT2D eigenvalue weighted by atomic mass is 32.2. The van der Waals surface area contributed by atoms with Crippen molar-refractivity contribution >= 4 is 10.8 Å². The van der Waals surface area contributed by atoms with Gasteiger partial charge >= 0.3 is 6.18 Å². The lowest BCUT2D eigenvalue weighted by Crippen LogP contribution is -2.27. The van der Waals surface area contributed by atoms with Gasteiger partial charge in [0.2, 0.25) is 0 Å². The molecule has 0 aliphatic rings. The van der Waals surface area contributed by atoms with Crippen LogP contribution >= 0.6 is 0 Å². The average molecular weight is 217 g/mol. The summed E-state index contributed by atoms with van der Waals surface area (Å²) in [6.07, 6.45) is -4.57. The summed E-state index contributed by atoms with van der Waals surface area (Å²) in [7, 11) is -1.44. The van der Waals surface area contributed by atoms with Gasteiger partial charge in [-0.25, -0.2) is 0 Å². The molecule has 2 unspecified atom stereocenters. The number of rotatable bonds is 5. The first-order valence-corrected chi connectivity index (χ1v) is 5.51. The summed E-state index contributed by atoms with van der Waals surface area (Å²) in [5, 5.41) is 0. The van der Waals surface area contributed by atoms with Gasteiger partial charge in [0.25, 0.3) is 0 Å². The quantitative estimate of drug-likeness (QED) is 0.757. The van der Waals surface area contributed by atoms with Gasteiger partial charge in [0.05, 0.1) is 6.42 Å². The molecule has 0 aliphatic heterocycles. The molecule has 80 valence electrons. The van der Waals surface area contributed by atoms with E-state index >= 15 is 0 Å². The van der Waals surface area contributed by atoms with Crippen LogP contribution in [0.1, 0.15) is 19.8 Å². The third kappa shape index (κ3) is 8.24. The number of nitrogens with two attached hydrogens (primary N) is 1. The maximum Gasteiger partial charge on any atom is 0.390 e. The Morgan fingerprint density at radius 1 is 1.46 bits per heavy atom. The van der Waals surface area contributed by atoms with Crippen molar-refractivity contribution in [1.82, 2.24) is 0 Å². The molecule has 0 aliphatic carbocycles. The Labute approximate surface area is 78.1 Å². The predicted molar refractivity (Wildman–Crippen MR) is 46.8 cm³/mol. The molecule has 0 fully saturated rings. The highest BCUT2D eigenvalue weighted by molar-refractivity contribution is 7.85. The van der Waals surface area contributed by atoms with Gasteiger partial charge in [-0.05, 0) is 6.42 Å². The van der Waals surface area contributed by atoms with Gasteiger partial charge in [0, 0.05) is 28.3 Å². The molecule has 13 heavy (non-hydrogen) atoms. The normalized spacial score (nSPS) is 17.0. The molecule has 0 bridgehead atoms. The fraction of sp³-hybridized carbons (Fsp3) is 1.00. The Hall–Kier alpha value is -0.100. The van der Waals surface area contributed by atoms with Gasteiger partial charge in [-0.15, -0.1) is 0 Å². The third-order valence-electron chi connectivity index (χ3n) is 1.54. The maximum absolute atomic E-state index is 11.7. The summed E-state index contributed by atoms with van der Waals surface area (Å²) in [5.74, 6) is -0.177. The molecule has 6 heteroatoms. The molecule has 0 aromatic carbocycles. The van der Waals surface area contributed by atoms with E-state index in [4.69, 9.17) is 5.73 Å². The summed E-state index contributed by atoms with van der Waals surface area (Å²) in [5.41, 5.74) is 5.44. The van der Waals surface area contributed by atoms with E-state index in [9.17, 15) is 17.4 Å². The fourth-order valence-electron chi connectivity index (χ4n) is 0.670. The summed E-state index contributed by atoms with van der Waals surface area (Å²) >= 11 is 0. The van der Waals surface area contributed by atoms with Crippen molar-refractivity contribution in [3.63, 3.8) is 0 Å². The molecule has 0 radical (unpaired) electrons. The molecule has 0 amide bonds. The first-order chi connectivity index (χ1) is 5.85. The molecule has 0 saturated carbocycles. The Kier molecular flexibility index (Phi) is 5.55. The van der Waals surface area contributed by atoms with Crippen molar-refractivity contribution in [3.05, 3.63) is 0 Å². The van der Waals surface area contributed by atoms with Crippen LogP contribution in [0, 0.1) is 0 Å². The van der Waals surface area contributed by atoms with Crippen LogP contribution in [-0.4, -0.2) is 27.9 Å². The predicted octanol–water partition coefficient (Wildman–Crippen LogP) is 1.42. The van der Waals surface area contributed by atoms with Gasteiger partial charge in [0.1, 0.15) is 0 Å². The SMILES string of the molecule is CCC(N)CS(=O)CCC(F)(F)F. The molecule has 0 saturated heterocycles. The zero-order valence-electron chi connectivity index (χ0n) is 7.43. The van der Waals surface area contributed by atoms with Gasteiger partial charge in [-0.1, -0.05) is 6.92 Å². The van der Waals surface area contributed by atoms with E-state index < -0.39 is 23.4 Å². The first-order valence-electron chi connectivity index (χ1n) is 4.02. The lowest BCUT2D eigenvalue weighted by Gasteiger charge is -2.09. The minimum atomic E-state index is -4.22. The van der Waals surface area contributed by atoms with Crippen molar-refractivity contribution in [2.24, 2.45) is 5.73 Å². The molecule has 2 atom stereocenters. The second-order valence-corrected chi connectivity index (χ2v) is 4.47. The smallest absolute Gasteiger partial charge is 0.327 e. The third-order valence-corrected chi connectivity index (χ3v) is 3.00. The summed E-state index contributed by atoms with van der Waals surface area (Å²) < 4.78 is 46.0. The second-order valence-electron chi connectivity index (χ2n) is 2.84. The zero-order chi connectivity index (χ0) is 10.5. The van der Waals surface area contributed by atoms with Crippen LogP contribution in [0.15, 0.2) is 0 Å². The van der Waals surface area contributed by atoms with Crippen LogP contribution in [0.4, 0.5) is 13.2 Å². The molecule has 2 nitrogen and oxygen atoms in total. The van der Waals surface area contributed by atoms with E-state index in [0.717, 1.165) is 0 Å². The lowest BCUT2D eigenvalue weighted by molar-refractivity contribution is -0.129. The molecule has 2 N–H and O–H groups in total. The second kappa shape index (κ2) is 5.59. The highest BCUT2D eigenvalue weighted by Gasteiger charge is 2.27. The number of alkyl halides is 3. The molecule has 0 spiro atoms. The summed E-state index contributed by atoms with van der Waals surface area (Å²) in [6, 6.07) is -0.255. The van der Waals surface area contributed by atoms with E-state index in [1.54, 1.807) is 0 Å². The Morgan fingerprint density at radius 3 is 2.38 bits per heavy atom. The number of halogens is 3. The molecule has 0 aromatic heterocycles. The number of hydrogen-bond acceptors (Lipinski definition) is 2. The van der Waals surface area contributed by atoms with Gasteiger partial charge in [-0.2, -0.15) is 13.2 Å². The zero-order valence-corrected chi connectivity index (χ0v) is 8.25. The van der Waals surface area contributed by atoms with Crippen LogP contribution in [-0.2, 0) is 10.8 Å². The highest BCUT2D eigenvalue weighted by Crippen LogP contribution is 2.19. The molecule has 0 rings (SSSR count). The van der Waals surface area contributed by atoms with Crippen LogP contribution < -0.4 is 5.73 Å². The molecular weight excluding hydrogens is 203 g/mol. The van der Waals surface area contributed by atoms with E-state index in [1.165, 1.54) is 0 Å². The van der Waals surface area contributed by atoms with Crippen molar-refractivity contribution in [2.45, 2.75) is 32.0 Å².